The van der Waals surface area contributed by atoms with Crippen molar-refractivity contribution in [2.24, 2.45) is 5.92 Å². The number of carbonyl (C=O) groups is 1. The number of fused-ring (bicyclic) bond motifs is 1. The monoisotopic (exact) mass is 422 g/mol. The van der Waals surface area contributed by atoms with Crippen LogP contribution < -0.4 is 0 Å². The smallest absolute Gasteiger partial charge is 0.282 e. The van der Waals surface area contributed by atoms with E-state index < -0.39 is 0 Å². The second-order valence-electron chi connectivity index (χ2n) is 7.44. The van der Waals surface area contributed by atoms with E-state index in [0.29, 0.717) is 29.4 Å². The number of para-hydroxylation sites is 1. The van der Waals surface area contributed by atoms with Crippen LogP contribution in [0, 0.1) is 11.7 Å². The Bertz CT molecular complexity index is 1170. The number of rotatable bonds is 4. The van der Waals surface area contributed by atoms with E-state index in [1.807, 2.05) is 29.2 Å². The summed E-state index contributed by atoms with van der Waals surface area (Å²) in [7, 11) is 0. The van der Waals surface area contributed by atoms with Gasteiger partial charge in [0.2, 0.25) is 11.7 Å². The molecule has 152 valence electrons. The average Bonchev–Trinajstić information content (AvgIpc) is 3.41. The van der Waals surface area contributed by atoms with Crippen LogP contribution in [0.25, 0.3) is 21.6 Å². The molecule has 1 saturated heterocycles. The van der Waals surface area contributed by atoms with Gasteiger partial charge in [0.25, 0.3) is 5.91 Å². The number of aromatic nitrogens is 3. The van der Waals surface area contributed by atoms with E-state index in [1.54, 1.807) is 18.2 Å². The Morgan fingerprint density at radius 3 is 2.87 bits per heavy atom. The average molecular weight is 422 g/mol. The molecule has 6 nitrogen and oxygen atoms in total. The topological polar surface area (TPSA) is 72.1 Å². The molecule has 4 aromatic rings. The zero-order valence-corrected chi connectivity index (χ0v) is 16.9. The fraction of sp³-hybridized carbons (Fsp3) is 0.273. The van der Waals surface area contributed by atoms with E-state index in [-0.39, 0.29) is 23.5 Å². The highest BCUT2D eigenvalue weighted by Gasteiger charge is 2.28. The number of halogens is 1. The van der Waals surface area contributed by atoms with Crippen molar-refractivity contribution >= 4 is 27.5 Å². The molecule has 0 spiro atoms. The van der Waals surface area contributed by atoms with Gasteiger partial charge in [0.1, 0.15) is 5.82 Å². The molecule has 8 heteroatoms. The summed E-state index contributed by atoms with van der Waals surface area (Å²) in [6.45, 7) is 1.34. The molecule has 1 aliphatic rings. The van der Waals surface area contributed by atoms with Crippen LogP contribution in [0.15, 0.2) is 53.1 Å². The molecule has 1 aliphatic heterocycles. The molecule has 0 unspecified atom stereocenters. The summed E-state index contributed by atoms with van der Waals surface area (Å²) in [5.74, 6) is 0.522. The molecule has 3 heterocycles. The molecule has 0 saturated carbocycles. The molecule has 1 amide bonds. The van der Waals surface area contributed by atoms with Crippen molar-refractivity contribution in [1.29, 1.82) is 0 Å². The molecule has 0 aliphatic carbocycles. The fourth-order valence-electron chi connectivity index (χ4n) is 3.85. The first-order chi connectivity index (χ1) is 14.7. The lowest BCUT2D eigenvalue weighted by atomic mass is 9.94. The van der Waals surface area contributed by atoms with Gasteiger partial charge in [-0.1, -0.05) is 29.4 Å². The van der Waals surface area contributed by atoms with Crippen LogP contribution in [-0.2, 0) is 6.42 Å². The first kappa shape index (κ1) is 18.9. The number of hydrogen-bond acceptors (Lipinski definition) is 6. The van der Waals surface area contributed by atoms with Crippen molar-refractivity contribution in [1.82, 2.24) is 20.0 Å². The van der Waals surface area contributed by atoms with Gasteiger partial charge in [-0.05, 0) is 43.0 Å². The minimum absolute atomic E-state index is 0.0292. The normalized spacial score (nSPS) is 16.8. The SMILES string of the molecule is O=C(c1nc2ccccc2s1)N1CCC[C@@H](Cc2nc(-c3ccccc3F)no2)C1. The van der Waals surface area contributed by atoms with Gasteiger partial charge in [0.15, 0.2) is 5.01 Å². The van der Waals surface area contributed by atoms with E-state index >= 15 is 0 Å². The lowest BCUT2D eigenvalue weighted by Crippen LogP contribution is -2.40. The van der Waals surface area contributed by atoms with Gasteiger partial charge in [-0.3, -0.25) is 4.79 Å². The molecular formula is C22H19FN4O2S. The third-order valence-corrected chi connectivity index (χ3v) is 6.35. The first-order valence-electron chi connectivity index (χ1n) is 9.90. The third-order valence-electron chi connectivity index (χ3n) is 5.33. The summed E-state index contributed by atoms with van der Waals surface area (Å²) in [6, 6.07) is 14.1. The van der Waals surface area contributed by atoms with E-state index in [2.05, 4.69) is 15.1 Å². The molecule has 0 bridgehead atoms. The van der Waals surface area contributed by atoms with Crippen LogP contribution in [0.1, 0.15) is 28.5 Å². The molecule has 0 radical (unpaired) electrons. The lowest BCUT2D eigenvalue weighted by Gasteiger charge is -2.31. The molecule has 30 heavy (non-hydrogen) atoms. The predicted molar refractivity (Wildman–Crippen MR) is 112 cm³/mol. The molecule has 2 aromatic carbocycles. The van der Waals surface area contributed by atoms with Crippen LogP contribution in [0.2, 0.25) is 0 Å². The number of thiazole rings is 1. The Morgan fingerprint density at radius 1 is 1.17 bits per heavy atom. The molecule has 5 rings (SSSR count). The van der Waals surface area contributed by atoms with Gasteiger partial charge in [-0.15, -0.1) is 11.3 Å². The Kier molecular flexibility index (Phi) is 5.00. The molecular weight excluding hydrogens is 403 g/mol. The number of nitrogens with zero attached hydrogens (tertiary/aromatic N) is 4. The predicted octanol–water partition coefficient (Wildman–Crippen LogP) is 4.58. The maximum atomic E-state index is 14.0. The Balaban J connectivity index is 1.28. The van der Waals surface area contributed by atoms with Gasteiger partial charge >= 0.3 is 0 Å². The van der Waals surface area contributed by atoms with Gasteiger partial charge in [-0.2, -0.15) is 4.98 Å². The highest BCUT2D eigenvalue weighted by atomic mass is 32.1. The molecule has 1 fully saturated rings. The number of amides is 1. The maximum Gasteiger partial charge on any atom is 0.282 e. The second-order valence-corrected chi connectivity index (χ2v) is 8.47. The standard InChI is InChI=1S/C22H19FN4O2S/c23-16-8-2-1-7-15(16)20-25-19(29-26-20)12-14-6-5-11-27(13-14)22(28)21-24-17-9-3-4-10-18(17)30-21/h1-4,7-10,14H,5-6,11-13H2/t14-/m0/s1. The summed E-state index contributed by atoms with van der Waals surface area (Å²) in [5.41, 5.74) is 1.18. The maximum absolute atomic E-state index is 14.0. The summed E-state index contributed by atoms with van der Waals surface area (Å²) in [5, 5.41) is 4.45. The van der Waals surface area contributed by atoms with E-state index in [4.69, 9.17) is 4.52 Å². The number of hydrogen-bond donors (Lipinski definition) is 0. The van der Waals surface area contributed by atoms with Crippen LogP contribution in [-0.4, -0.2) is 39.0 Å². The van der Waals surface area contributed by atoms with E-state index in [9.17, 15) is 9.18 Å². The largest absolute Gasteiger partial charge is 0.339 e. The fourth-order valence-corrected chi connectivity index (χ4v) is 4.79. The summed E-state index contributed by atoms with van der Waals surface area (Å²) < 4.78 is 20.3. The van der Waals surface area contributed by atoms with Crippen molar-refractivity contribution in [2.75, 3.05) is 13.1 Å². The summed E-state index contributed by atoms with van der Waals surface area (Å²) >= 11 is 1.43. The van der Waals surface area contributed by atoms with Gasteiger partial charge < -0.3 is 9.42 Å². The Hall–Kier alpha value is -3.13. The summed E-state index contributed by atoms with van der Waals surface area (Å²) in [4.78, 5) is 23.7. The third kappa shape index (κ3) is 3.70. The van der Waals surface area contributed by atoms with Gasteiger partial charge in [0, 0.05) is 19.5 Å². The Morgan fingerprint density at radius 2 is 2.00 bits per heavy atom. The van der Waals surface area contributed by atoms with E-state index in [0.717, 1.165) is 29.6 Å². The highest BCUT2D eigenvalue weighted by molar-refractivity contribution is 7.20. The van der Waals surface area contributed by atoms with E-state index in [1.165, 1.54) is 17.4 Å². The second kappa shape index (κ2) is 7.95. The molecule has 2 aromatic heterocycles. The highest BCUT2D eigenvalue weighted by Crippen LogP contribution is 2.27. The Labute approximate surface area is 176 Å². The quantitative estimate of drug-likeness (QED) is 0.481. The first-order valence-corrected chi connectivity index (χ1v) is 10.7. The van der Waals surface area contributed by atoms with Crippen LogP contribution in [0.3, 0.4) is 0 Å². The summed E-state index contributed by atoms with van der Waals surface area (Å²) in [6.07, 6.45) is 2.45. The number of benzene rings is 2. The molecule has 1 atom stereocenters. The van der Waals surface area contributed by atoms with Crippen molar-refractivity contribution < 1.29 is 13.7 Å². The minimum atomic E-state index is -0.380. The lowest BCUT2D eigenvalue weighted by molar-refractivity contribution is 0.0668. The number of likely N-dealkylation sites (tertiary alicyclic amines) is 1. The zero-order chi connectivity index (χ0) is 20.5. The van der Waals surface area contributed by atoms with Crippen molar-refractivity contribution in [3.63, 3.8) is 0 Å². The number of piperidine rings is 1. The zero-order valence-electron chi connectivity index (χ0n) is 16.1. The van der Waals surface area contributed by atoms with Crippen molar-refractivity contribution in [2.45, 2.75) is 19.3 Å². The van der Waals surface area contributed by atoms with Gasteiger partial charge in [-0.25, -0.2) is 9.37 Å². The van der Waals surface area contributed by atoms with Crippen molar-refractivity contribution in [3.8, 4) is 11.4 Å². The molecule has 0 N–H and O–H groups in total. The van der Waals surface area contributed by atoms with Crippen molar-refractivity contribution in [3.05, 3.63) is 65.2 Å². The van der Waals surface area contributed by atoms with Gasteiger partial charge in [0.05, 0.1) is 15.8 Å². The van der Waals surface area contributed by atoms with Crippen LogP contribution >= 0.6 is 11.3 Å². The van der Waals surface area contributed by atoms with Crippen LogP contribution in [0.5, 0.6) is 0 Å². The minimum Gasteiger partial charge on any atom is -0.339 e. The number of carbonyl (C=O) groups excluding carboxylic acids is 1. The van der Waals surface area contributed by atoms with Crippen LogP contribution in [0.4, 0.5) is 4.39 Å².